The number of aliphatic hydroxyl groups excluding tert-OH is 2. The molecule has 0 spiro atoms. The number of hydrogen-bond acceptors (Lipinski definition) is 4. The lowest BCUT2D eigenvalue weighted by Crippen LogP contribution is -2.01. The van der Waals surface area contributed by atoms with Crippen molar-refractivity contribution in [1.82, 2.24) is 0 Å². The van der Waals surface area contributed by atoms with Crippen LogP contribution in [-0.4, -0.2) is 45.6 Å². The van der Waals surface area contributed by atoms with E-state index < -0.39 is 11.9 Å². The van der Waals surface area contributed by atoms with Gasteiger partial charge in [0.25, 0.3) is 0 Å². The van der Waals surface area contributed by atoms with Gasteiger partial charge in [0.15, 0.2) is 0 Å². The zero-order chi connectivity index (χ0) is 19.4. The highest BCUT2D eigenvalue weighted by molar-refractivity contribution is 5.86. The number of carboxylic acids is 2. The minimum atomic E-state index is -0.870. The summed E-state index contributed by atoms with van der Waals surface area (Å²) in [6.07, 6.45) is 2.32. The average molecular weight is 362 g/mol. The predicted molar refractivity (Wildman–Crippen MR) is 99.3 cm³/mol. The summed E-state index contributed by atoms with van der Waals surface area (Å²) >= 11 is 0. The second-order valence-electron chi connectivity index (χ2n) is 5.87. The van der Waals surface area contributed by atoms with Gasteiger partial charge in [0.2, 0.25) is 0 Å². The van der Waals surface area contributed by atoms with Crippen LogP contribution in [0.25, 0.3) is 10.8 Å². The number of rotatable bonds is 9. The molecule has 0 amide bonds. The molecule has 0 radical (unpaired) electrons. The summed E-state index contributed by atoms with van der Waals surface area (Å²) in [4.78, 5) is 19.8. The second-order valence-corrected chi connectivity index (χ2v) is 5.87. The van der Waals surface area contributed by atoms with Crippen LogP contribution >= 0.6 is 0 Å². The van der Waals surface area contributed by atoms with Crippen molar-refractivity contribution >= 4 is 22.7 Å². The molecule has 6 nitrogen and oxygen atoms in total. The molecule has 26 heavy (non-hydrogen) atoms. The Labute approximate surface area is 152 Å². The quantitative estimate of drug-likeness (QED) is 0.510. The summed E-state index contributed by atoms with van der Waals surface area (Å²) in [7, 11) is 0. The summed E-state index contributed by atoms with van der Waals surface area (Å²) in [5.41, 5.74) is 2.30. The van der Waals surface area contributed by atoms with Gasteiger partial charge >= 0.3 is 11.9 Å². The Kier molecular flexibility index (Phi) is 9.97. The number of carboxylic acid groups (broad SMARTS) is 2. The van der Waals surface area contributed by atoms with Crippen molar-refractivity contribution in [3.8, 4) is 0 Å². The first-order chi connectivity index (χ1) is 12.5. The largest absolute Gasteiger partial charge is 0.481 e. The zero-order valence-corrected chi connectivity index (χ0v) is 14.7. The lowest BCUT2D eigenvalue weighted by atomic mass is 9.95. The van der Waals surface area contributed by atoms with Gasteiger partial charge in [-0.05, 0) is 47.6 Å². The van der Waals surface area contributed by atoms with E-state index in [1.807, 2.05) is 18.2 Å². The van der Waals surface area contributed by atoms with Crippen molar-refractivity contribution in [3.63, 3.8) is 0 Å². The van der Waals surface area contributed by atoms with Crippen LogP contribution in [0, 0.1) is 0 Å². The van der Waals surface area contributed by atoms with Crippen LogP contribution in [0.4, 0.5) is 0 Å². The average Bonchev–Trinajstić information content (AvgIpc) is 2.61. The van der Waals surface area contributed by atoms with E-state index in [0.29, 0.717) is 25.7 Å². The fraction of sp³-hybridized carbons (Fsp3) is 0.400. The van der Waals surface area contributed by atoms with Crippen LogP contribution in [0.2, 0.25) is 0 Å². The Balaban J connectivity index is 0.000000294. The highest BCUT2D eigenvalue weighted by Crippen LogP contribution is 2.23. The van der Waals surface area contributed by atoms with Crippen molar-refractivity contribution in [2.45, 2.75) is 38.5 Å². The van der Waals surface area contributed by atoms with E-state index in [9.17, 15) is 9.59 Å². The van der Waals surface area contributed by atoms with Crippen LogP contribution in [0.3, 0.4) is 0 Å². The number of hydrogen-bond donors (Lipinski definition) is 4. The molecule has 2 rings (SSSR count). The first kappa shape index (κ1) is 21.6. The monoisotopic (exact) mass is 362 g/mol. The van der Waals surface area contributed by atoms with Gasteiger partial charge in [-0.3, -0.25) is 9.59 Å². The fourth-order valence-electron chi connectivity index (χ4n) is 2.70. The number of carbonyl (C=O) groups is 2. The van der Waals surface area contributed by atoms with E-state index in [0.717, 1.165) is 11.1 Å². The Morgan fingerprint density at radius 2 is 1.35 bits per heavy atom. The Morgan fingerprint density at radius 1 is 0.769 bits per heavy atom. The normalized spacial score (nSPS) is 10.2. The molecule has 0 aliphatic rings. The van der Waals surface area contributed by atoms with Gasteiger partial charge in [0.05, 0.1) is 0 Å². The molecule has 0 unspecified atom stereocenters. The molecule has 2 aromatic carbocycles. The Bertz CT molecular complexity index is 695. The van der Waals surface area contributed by atoms with E-state index in [1.165, 1.54) is 10.8 Å². The van der Waals surface area contributed by atoms with Crippen LogP contribution in [0.15, 0.2) is 36.4 Å². The second kappa shape index (κ2) is 12.0. The van der Waals surface area contributed by atoms with Crippen molar-refractivity contribution in [3.05, 3.63) is 47.5 Å². The van der Waals surface area contributed by atoms with Gasteiger partial charge < -0.3 is 20.4 Å². The number of unbranched alkanes of at least 4 members (excludes halogenated alkanes) is 1. The predicted octanol–water partition coefficient (Wildman–Crippen LogP) is 2.63. The van der Waals surface area contributed by atoms with Gasteiger partial charge in [0.1, 0.15) is 0 Å². The summed E-state index contributed by atoms with van der Waals surface area (Å²) < 4.78 is 0. The third kappa shape index (κ3) is 7.63. The Morgan fingerprint density at radius 3 is 1.88 bits per heavy atom. The summed E-state index contributed by atoms with van der Waals surface area (Å²) in [6.45, 7) is 0.295. The van der Waals surface area contributed by atoms with Crippen molar-refractivity contribution in [2.24, 2.45) is 0 Å². The fourth-order valence-corrected chi connectivity index (χ4v) is 2.70. The molecule has 2 aromatic rings. The lowest BCUT2D eigenvalue weighted by molar-refractivity contribution is -0.139. The molecule has 4 N–H and O–H groups in total. The van der Waals surface area contributed by atoms with Crippen LogP contribution in [0.5, 0.6) is 0 Å². The van der Waals surface area contributed by atoms with Crippen molar-refractivity contribution in [1.29, 1.82) is 0 Å². The van der Waals surface area contributed by atoms with Crippen LogP contribution in [-0.2, 0) is 22.4 Å². The molecule has 0 saturated heterocycles. The minimum absolute atomic E-state index is 0.0628. The van der Waals surface area contributed by atoms with E-state index in [2.05, 4.69) is 18.2 Å². The van der Waals surface area contributed by atoms with E-state index in [-0.39, 0.29) is 26.1 Å². The molecule has 0 fully saturated rings. The molecule has 0 aromatic heterocycles. The number of aliphatic carboxylic acids is 2. The third-order valence-corrected chi connectivity index (χ3v) is 3.91. The molecule has 6 heteroatoms. The maximum Gasteiger partial charge on any atom is 0.303 e. The zero-order valence-electron chi connectivity index (χ0n) is 14.7. The van der Waals surface area contributed by atoms with Gasteiger partial charge in [0, 0.05) is 26.1 Å². The molecule has 0 bridgehead atoms. The van der Waals surface area contributed by atoms with Crippen molar-refractivity contribution < 1.29 is 30.0 Å². The minimum Gasteiger partial charge on any atom is -0.481 e. The smallest absolute Gasteiger partial charge is 0.303 e. The SMILES string of the molecule is O=C(O)CCCCC(=O)O.OCCc1ccc2ccccc2c1CCO. The molecular formula is C20H26O6. The maximum absolute atomic E-state index is 9.90. The lowest BCUT2D eigenvalue weighted by Gasteiger charge is -2.11. The first-order valence-electron chi connectivity index (χ1n) is 8.64. The van der Waals surface area contributed by atoms with Crippen LogP contribution in [0.1, 0.15) is 36.8 Å². The Hall–Kier alpha value is -2.44. The standard InChI is InChI=1S/C14H16O2.C6H10O4/c15-9-7-12-6-5-11-3-1-2-4-13(11)14(12)8-10-16;7-5(8)3-1-2-4-6(9)10/h1-6,15-16H,7-10H2;1-4H2,(H,7,8)(H,9,10). The van der Waals surface area contributed by atoms with Gasteiger partial charge in [-0.15, -0.1) is 0 Å². The van der Waals surface area contributed by atoms with Crippen LogP contribution < -0.4 is 0 Å². The van der Waals surface area contributed by atoms with Gasteiger partial charge in [-0.1, -0.05) is 36.4 Å². The summed E-state index contributed by atoms with van der Waals surface area (Å²) in [5, 5.41) is 36.8. The molecule has 142 valence electrons. The van der Waals surface area contributed by atoms with E-state index in [1.54, 1.807) is 0 Å². The van der Waals surface area contributed by atoms with E-state index >= 15 is 0 Å². The van der Waals surface area contributed by atoms with Gasteiger partial charge in [-0.2, -0.15) is 0 Å². The highest BCUT2D eigenvalue weighted by Gasteiger charge is 2.06. The first-order valence-corrected chi connectivity index (χ1v) is 8.64. The highest BCUT2D eigenvalue weighted by atomic mass is 16.4. The summed E-state index contributed by atoms with van der Waals surface area (Å²) in [6, 6.07) is 12.3. The topological polar surface area (TPSA) is 115 Å². The molecule has 0 aliphatic carbocycles. The number of benzene rings is 2. The number of aliphatic hydroxyl groups is 2. The van der Waals surface area contributed by atoms with Crippen molar-refractivity contribution in [2.75, 3.05) is 13.2 Å². The molecule has 0 atom stereocenters. The van der Waals surface area contributed by atoms with Gasteiger partial charge in [-0.25, -0.2) is 0 Å². The van der Waals surface area contributed by atoms with E-state index in [4.69, 9.17) is 20.4 Å². The molecule has 0 saturated carbocycles. The molecule has 0 aliphatic heterocycles. The maximum atomic E-state index is 9.90. The summed E-state index contributed by atoms with van der Waals surface area (Å²) in [5.74, 6) is -1.74. The molecular weight excluding hydrogens is 336 g/mol. The number of fused-ring (bicyclic) bond motifs is 1. The third-order valence-electron chi connectivity index (χ3n) is 3.91. The molecule has 0 heterocycles.